The number of carbonyl (C=O) groups is 1. The Bertz CT molecular complexity index is 759. The van der Waals surface area contributed by atoms with Crippen molar-refractivity contribution in [2.75, 3.05) is 6.54 Å². The molecule has 2 aromatic rings. The van der Waals surface area contributed by atoms with E-state index in [1.54, 1.807) is 0 Å². The number of rotatable bonds is 7. The minimum Gasteiger partial charge on any atom is -0.355 e. The number of amides is 1. The summed E-state index contributed by atoms with van der Waals surface area (Å²) < 4.78 is 2.07. The Kier molecular flexibility index (Phi) is 7.09. The van der Waals surface area contributed by atoms with E-state index in [2.05, 4.69) is 85.9 Å². The number of nitrogens with zero attached hydrogens (tertiary/aromatic N) is 3. The van der Waals surface area contributed by atoms with Crippen LogP contribution in [0.5, 0.6) is 0 Å². The molecule has 1 amide bonds. The first-order valence-corrected chi connectivity index (χ1v) is 10.5. The lowest BCUT2D eigenvalue weighted by Gasteiger charge is -2.19. The lowest BCUT2D eigenvalue weighted by molar-refractivity contribution is -0.120. The van der Waals surface area contributed by atoms with Crippen molar-refractivity contribution in [3.8, 4) is 11.4 Å². The summed E-state index contributed by atoms with van der Waals surface area (Å²) in [7, 11) is 0. The zero-order valence-electron chi connectivity index (χ0n) is 17.5. The van der Waals surface area contributed by atoms with Gasteiger partial charge < -0.3 is 9.88 Å². The molecule has 0 bridgehead atoms. The first kappa shape index (κ1) is 21.5. The van der Waals surface area contributed by atoms with Gasteiger partial charge in [-0.25, -0.2) is 0 Å². The number of thioether (sulfide) groups is 1. The molecule has 5 nitrogen and oxygen atoms in total. The number of hydrogen-bond acceptors (Lipinski definition) is 4. The van der Waals surface area contributed by atoms with Gasteiger partial charge >= 0.3 is 0 Å². The molecule has 1 heterocycles. The summed E-state index contributed by atoms with van der Waals surface area (Å²) in [5.41, 5.74) is 2.46. The molecule has 1 unspecified atom stereocenters. The van der Waals surface area contributed by atoms with E-state index in [9.17, 15) is 4.79 Å². The Morgan fingerprint density at radius 2 is 1.78 bits per heavy atom. The second-order valence-electron chi connectivity index (χ2n) is 8.28. The summed E-state index contributed by atoms with van der Waals surface area (Å²) in [6.45, 7) is 16.2. The quantitative estimate of drug-likeness (QED) is 0.709. The topological polar surface area (TPSA) is 59.8 Å². The molecule has 0 radical (unpaired) electrons. The zero-order chi connectivity index (χ0) is 20.2. The van der Waals surface area contributed by atoms with Gasteiger partial charge in [0.05, 0.1) is 5.25 Å². The van der Waals surface area contributed by atoms with Gasteiger partial charge in [0.25, 0.3) is 0 Å². The van der Waals surface area contributed by atoms with E-state index < -0.39 is 0 Å². The molecular weight excluding hydrogens is 356 g/mol. The van der Waals surface area contributed by atoms with E-state index in [0.717, 1.165) is 23.1 Å². The molecule has 27 heavy (non-hydrogen) atoms. The van der Waals surface area contributed by atoms with E-state index in [0.29, 0.717) is 12.5 Å². The summed E-state index contributed by atoms with van der Waals surface area (Å²) in [6, 6.07) is 8.51. The Morgan fingerprint density at radius 1 is 1.15 bits per heavy atom. The van der Waals surface area contributed by atoms with Gasteiger partial charge in [0, 0.05) is 18.7 Å². The highest BCUT2D eigenvalue weighted by molar-refractivity contribution is 8.00. The maximum atomic E-state index is 12.3. The van der Waals surface area contributed by atoms with Crippen LogP contribution in [0.4, 0.5) is 0 Å². The van der Waals surface area contributed by atoms with Crippen molar-refractivity contribution in [2.24, 2.45) is 5.92 Å². The summed E-state index contributed by atoms with van der Waals surface area (Å²) in [4.78, 5) is 12.3. The van der Waals surface area contributed by atoms with Crippen molar-refractivity contribution >= 4 is 17.7 Å². The van der Waals surface area contributed by atoms with Crippen LogP contribution in [0, 0.1) is 5.92 Å². The highest BCUT2D eigenvalue weighted by Gasteiger charge is 2.21. The minimum atomic E-state index is -0.214. The van der Waals surface area contributed by atoms with Gasteiger partial charge in [-0.05, 0) is 30.7 Å². The van der Waals surface area contributed by atoms with Crippen LogP contribution in [-0.2, 0) is 16.8 Å². The highest BCUT2D eigenvalue weighted by atomic mass is 32.2. The third kappa shape index (κ3) is 5.58. The van der Waals surface area contributed by atoms with Crippen LogP contribution < -0.4 is 5.32 Å². The number of aromatic nitrogens is 3. The number of benzene rings is 1. The second-order valence-corrected chi connectivity index (χ2v) is 9.58. The fourth-order valence-electron chi connectivity index (χ4n) is 2.65. The molecule has 0 saturated heterocycles. The first-order valence-electron chi connectivity index (χ1n) is 9.62. The largest absolute Gasteiger partial charge is 0.355 e. The van der Waals surface area contributed by atoms with E-state index in [-0.39, 0.29) is 16.6 Å². The van der Waals surface area contributed by atoms with E-state index in [1.165, 1.54) is 17.3 Å². The first-order chi connectivity index (χ1) is 12.6. The number of hydrogen-bond donors (Lipinski definition) is 1. The van der Waals surface area contributed by atoms with Crippen LogP contribution in [0.15, 0.2) is 29.4 Å². The van der Waals surface area contributed by atoms with Crippen LogP contribution >= 0.6 is 11.8 Å². The molecule has 0 saturated carbocycles. The Morgan fingerprint density at radius 3 is 2.30 bits per heavy atom. The standard InChI is InChI=1S/C21H32N4OS/c1-8-25-18(16-9-11-17(12-10-16)21(5,6)7)23-24-20(25)27-15(4)19(26)22-13-14(2)3/h9-12,14-15H,8,13H2,1-7H3,(H,22,26). The molecule has 0 aliphatic rings. The van der Waals surface area contributed by atoms with Crippen molar-refractivity contribution in [1.82, 2.24) is 20.1 Å². The van der Waals surface area contributed by atoms with Gasteiger partial charge in [-0.15, -0.1) is 10.2 Å². The number of nitrogens with one attached hydrogen (secondary N) is 1. The van der Waals surface area contributed by atoms with E-state index in [1.807, 2.05) is 6.92 Å². The van der Waals surface area contributed by atoms with Gasteiger partial charge in [0.2, 0.25) is 5.91 Å². The van der Waals surface area contributed by atoms with Crippen LogP contribution in [-0.4, -0.2) is 32.5 Å². The summed E-state index contributed by atoms with van der Waals surface area (Å²) in [6.07, 6.45) is 0. The Hall–Kier alpha value is -1.82. The molecule has 1 N–H and O–H groups in total. The van der Waals surface area contributed by atoms with Crippen molar-refractivity contribution in [2.45, 2.75) is 70.8 Å². The SMILES string of the molecule is CCn1c(SC(C)C(=O)NCC(C)C)nnc1-c1ccc(C(C)(C)C)cc1. The molecule has 0 spiro atoms. The lowest BCUT2D eigenvalue weighted by Crippen LogP contribution is -2.33. The van der Waals surface area contributed by atoms with Crippen LogP contribution in [0.25, 0.3) is 11.4 Å². The van der Waals surface area contributed by atoms with Gasteiger partial charge in [-0.1, -0.05) is 70.6 Å². The molecule has 0 fully saturated rings. The van der Waals surface area contributed by atoms with Gasteiger partial charge in [0.1, 0.15) is 0 Å². The van der Waals surface area contributed by atoms with Gasteiger partial charge in [0.15, 0.2) is 11.0 Å². The summed E-state index contributed by atoms with van der Waals surface area (Å²) in [5.74, 6) is 1.32. The molecule has 148 valence electrons. The van der Waals surface area contributed by atoms with Crippen molar-refractivity contribution < 1.29 is 4.79 Å². The van der Waals surface area contributed by atoms with Crippen molar-refractivity contribution in [1.29, 1.82) is 0 Å². The van der Waals surface area contributed by atoms with Crippen LogP contribution in [0.1, 0.15) is 54.0 Å². The monoisotopic (exact) mass is 388 g/mol. The van der Waals surface area contributed by atoms with Gasteiger partial charge in [-0.3, -0.25) is 4.79 Å². The minimum absolute atomic E-state index is 0.0374. The Labute approximate surface area is 167 Å². The molecule has 6 heteroatoms. The smallest absolute Gasteiger partial charge is 0.233 e. The average Bonchev–Trinajstić information content (AvgIpc) is 3.01. The van der Waals surface area contributed by atoms with Crippen molar-refractivity contribution in [3.05, 3.63) is 29.8 Å². The molecule has 1 atom stereocenters. The lowest BCUT2D eigenvalue weighted by atomic mass is 9.87. The molecule has 1 aromatic carbocycles. The van der Waals surface area contributed by atoms with Crippen LogP contribution in [0.2, 0.25) is 0 Å². The maximum Gasteiger partial charge on any atom is 0.233 e. The fourth-order valence-corrected chi connectivity index (χ4v) is 3.59. The predicted octanol–water partition coefficient (Wildman–Crippen LogP) is 4.52. The third-order valence-corrected chi connectivity index (χ3v) is 5.46. The molecular formula is C21H32N4OS. The van der Waals surface area contributed by atoms with E-state index in [4.69, 9.17) is 0 Å². The molecule has 2 rings (SSSR count). The van der Waals surface area contributed by atoms with E-state index >= 15 is 0 Å². The number of carbonyl (C=O) groups excluding carboxylic acids is 1. The van der Waals surface area contributed by atoms with Gasteiger partial charge in [-0.2, -0.15) is 0 Å². The average molecular weight is 389 g/mol. The third-order valence-electron chi connectivity index (χ3n) is 4.38. The summed E-state index contributed by atoms with van der Waals surface area (Å²) in [5, 5.41) is 12.3. The van der Waals surface area contributed by atoms with Crippen molar-refractivity contribution in [3.63, 3.8) is 0 Å². The van der Waals surface area contributed by atoms with Crippen LogP contribution in [0.3, 0.4) is 0 Å². The normalized spacial score (nSPS) is 13.0. The maximum absolute atomic E-state index is 12.3. The fraction of sp³-hybridized carbons (Fsp3) is 0.571. The molecule has 1 aromatic heterocycles. The Balaban J connectivity index is 2.18. The predicted molar refractivity (Wildman–Crippen MR) is 113 cm³/mol. The summed E-state index contributed by atoms with van der Waals surface area (Å²) >= 11 is 1.45. The molecule has 0 aliphatic heterocycles. The molecule has 0 aliphatic carbocycles. The second kappa shape index (κ2) is 8.91. The zero-order valence-corrected chi connectivity index (χ0v) is 18.4. The highest BCUT2D eigenvalue weighted by Crippen LogP contribution is 2.29.